The van der Waals surface area contributed by atoms with Crippen molar-refractivity contribution < 1.29 is 5.11 Å². The Morgan fingerprint density at radius 1 is 1.36 bits per heavy atom. The van der Waals surface area contributed by atoms with Crippen LogP contribution in [-0.4, -0.2) is 11.7 Å². The largest absolute Gasteiger partial charge is 0.396 e. The van der Waals surface area contributed by atoms with Crippen molar-refractivity contribution in [3.05, 3.63) is 11.1 Å². The summed E-state index contributed by atoms with van der Waals surface area (Å²) >= 11 is 0. The summed E-state index contributed by atoms with van der Waals surface area (Å²) in [6.07, 6.45) is 4.73. The first-order valence-electron chi connectivity index (χ1n) is 4.50. The van der Waals surface area contributed by atoms with Crippen molar-refractivity contribution in [3.8, 4) is 0 Å². The van der Waals surface area contributed by atoms with Gasteiger partial charge in [-0.15, -0.1) is 0 Å². The van der Waals surface area contributed by atoms with Gasteiger partial charge in [-0.3, -0.25) is 0 Å². The number of hydrogen-bond acceptors (Lipinski definition) is 1. The fraction of sp³-hybridized carbons (Fsp3) is 0.800. The third-order valence-corrected chi connectivity index (χ3v) is 2.79. The lowest BCUT2D eigenvalue weighted by atomic mass is 9.83. The lowest BCUT2D eigenvalue weighted by molar-refractivity contribution is 0.248. The van der Waals surface area contributed by atoms with Crippen molar-refractivity contribution >= 4 is 0 Å². The van der Waals surface area contributed by atoms with E-state index in [-0.39, 0.29) is 0 Å². The highest BCUT2D eigenvalue weighted by Gasteiger charge is 2.15. The molecule has 11 heavy (non-hydrogen) atoms. The first-order valence-corrected chi connectivity index (χ1v) is 4.50. The van der Waals surface area contributed by atoms with Gasteiger partial charge in [-0.2, -0.15) is 0 Å². The molecule has 1 N–H and O–H groups in total. The van der Waals surface area contributed by atoms with Crippen LogP contribution in [-0.2, 0) is 0 Å². The van der Waals surface area contributed by atoms with Crippen LogP contribution < -0.4 is 0 Å². The Labute approximate surface area is 69.1 Å². The molecule has 64 valence electrons. The molecule has 0 spiro atoms. The fourth-order valence-electron chi connectivity index (χ4n) is 1.77. The van der Waals surface area contributed by atoms with E-state index < -0.39 is 0 Å². The van der Waals surface area contributed by atoms with E-state index in [9.17, 15) is 0 Å². The molecule has 1 aliphatic carbocycles. The van der Waals surface area contributed by atoms with E-state index in [0.717, 1.165) is 12.3 Å². The maximum Gasteiger partial charge on any atom is 0.0433 e. The van der Waals surface area contributed by atoms with E-state index >= 15 is 0 Å². The van der Waals surface area contributed by atoms with Crippen LogP contribution in [0.5, 0.6) is 0 Å². The second-order valence-electron chi connectivity index (χ2n) is 3.68. The fourth-order valence-corrected chi connectivity index (χ4v) is 1.77. The molecule has 0 fully saturated rings. The number of aliphatic hydroxyl groups is 1. The molecule has 0 saturated heterocycles. The predicted octanol–water partition coefficient (Wildman–Crippen LogP) is 2.51. The summed E-state index contributed by atoms with van der Waals surface area (Å²) in [5.41, 5.74) is 3.12. The van der Waals surface area contributed by atoms with Crippen LogP contribution in [0.15, 0.2) is 11.1 Å². The molecule has 0 saturated carbocycles. The Morgan fingerprint density at radius 2 is 2.09 bits per heavy atom. The molecule has 1 rings (SSSR count). The second-order valence-corrected chi connectivity index (χ2v) is 3.68. The van der Waals surface area contributed by atoms with Crippen LogP contribution in [0.2, 0.25) is 0 Å². The Balaban J connectivity index is 2.44. The summed E-state index contributed by atoms with van der Waals surface area (Å²) in [4.78, 5) is 0. The molecule has 0 bridgehead atoms. The predicted molar refractivity (Wildman–Crippen MR) is 47.4 cm³/mol. The molecular weight excluding hydrogens is 136 g/mol. The average molecular weight is 154 g/mol. The van der Waals surface area contributed by atoms with E-state index in [0.29, 0.717) is 6.61 Å². The monoisotopic (exact) mass is 154 g/mol. The molecule has 1 heteroatoms. The van der Waals surface area contributed by atoms with E-state index in [1.54, 1.807) is 11.1 Å². The van der Waals surface area contributed by atoms with Gasteiger partial charge in [-0.05, 0) is 45.4 Å². The minimum Gasteiger partial charge on any atom is -0.396 e. The number of aliphatic hydroxyl groups excluding tert-OH is 1. The first-order chi connectivity index (χ1) is 5.24. The Morgan fingerprint density at radius 3 is 2.64 bits per heavy atom. The van der Waals surface area contributed by atoms with Crippen LogP contribution in [0.4, 0.5) is 0 Å². The molecule has 1 nitrogen and oxygen atoms in total. The van der Waals surface area contributed by atoms with Crippen LogP contribution in [0.3, 0.4) is 0 Å². The molecule has 0 aromatic heterocycles. The summed E-state index contributed by atoms with van der Waals surface area (Å²) in [5, 5.41) is 8.75. The smallest absolute Gasteiger partial charge is 0.0433 e. The van der Waals surface area contributed by atoms with Gasteiger partial charge < -0.3 is 5.11 Å². The highest BCUT2D eigenvalue weighted by molar-refractivity contribution is 5.13. The topological polar surface area (TPSA) is 20.2 Å². The summed E-state index contributed by atoms with van der Waals surface area (Å²) in [6.45, 7) is 4.81. The van der Waals surface area contributed by atoms with Crippen molar-refractivity contribution in [3.63, 3.8) is 0 Å². The zero-order valence-electron chi connectivity index (χ0n) is 7.56. The van der Waals surface area contributed by atoms with Gasteiger partial charge in [0, 0.05) is 6.61 Å². The molecule has 0 aromatic rings. The van der Waals surface area contributed by atoms with E-state index in [1.165, 1.54) is 19.3 Å². The Hall–Kier alpha value is -0.300. The number of rotatable bonds is 2. The summed E-state index contributed by atoms with van der Waals surface area (Å²) < 4.78 is 0. The third kappa shape index (κ3) is 2.33. The zero-order valence-corrected chi connectivity index (χ0v) is 7.56. The van der Waals surface area contributed by atoms with Gasteiger partial charge in [-0.1, -0.05) is 11.1 Å². The minimum atomic E-state index is 0.358. The summed E-state index contributed by atoms with van der Waals surface area (Å²) in [7, 11) is 0. The second kappa shape index (κ2) is 3.91. The molecule has 0 aliphatic heterocycles. The minimum absolute atomic E-state index is 0.358. The van der Waals surface area contributed by atoms with E-state index in [2.05, 4.69) is 13.8 Å². The van der Waals surface area contributed by atoms with Gasteiger partial charge in [-0.25, -0.2) is 0 Å². The molecule has 1 aliphatic rings. The van der Waals surface area contributed by atoms with Crippen LogP contribution >= 0.6 is 0 Å². The van der Waals surface area contributed by atoms with Gasteiger partial charge in [0.1, 0.15) is 0 Å². The van der Waals surface area contributed by atoms with E-state index in [4.69, 9.17) is 5.11 Å². The molecule has 1 atom stereocenters. The van der Waals surface area contributed by atoms with Crippen molar-refractivity contribution in [1.29, 1.82) is 0 Å². The molecule has 0 heterocycles. The van der Waals surface area contributed by atoms with Crippen LogP contribution in [0.25, 0.3) is 0 Å². The van der Waals surface area contributed by atoms with Crippen molar-refractivity contribution in [1.82, 2.24) is 0 Å². The molecule has 0 amide bonds. The highest BCUT2D eigenvalue weighted by atomic mass is 16.3. The molecule has 0 radical (unpaired) electrons. The standard InChI is InChI=1S/C10H18O/c1-8-3-4-10(5-6-11)7-9(8)2/h10-11H,3-7H2,1-2H3. The van der Waals surface area contributed by atoms with Gasteiger partial charge in [0.05, 0.1) is 0 Å². The summed E-state index contributed by atoms with van der Waals surface area (Å²) in [6, 6.07) is 0. The van der Waals surface area contributed by atoms with Gasteiger partial charge in [0.15, 0.2) is 0 Å². The van der Waals surface area contributed by atoms with Gasteiger partial charge >= 0.3 is 0 Å². The summed E-state index contributed by atoms with van der Waals surface area (Å²) in [5.74, 6) is 0.753. The molecular formula is C10H18O. The normalized spacial score (nSPS) is 25.9. The molecule has 0 aromatic carbocycles. The first kappa shape index (κ1) is 8.79. The average Bonchev–Trinajstić information content (AvgIpc) is 1.98. The highest BCUT2D eigenvalue weighted by Crippen LogP contribution is 2.30. The number of allylic oxidation sites excluding steroid dienone is 2. The molecule has 1 unspecified atom stereocenters. The van der Waals surface area contributed by atoms with Crippen molar-refractivity contribution in [2.75, 3.05) is 6.61 Å². The van der Waals surface area contributed by atoms with Crippen LogP contribution in [0, 0.1) is 5.92 Å². The van der Waals surface area contributed by atoms with Crippen molar-refractivity contribution in [2.45, 2.75) is 39.5 Å². The lowest BCUT2D eigenvalue weighted by Gasteiger charge is -2.23. The quantitative estimate of drug-likeness (QED) is 0.606. The maximum atomic E-state index is 8.75. The van der Waals surface area contributed by atoms with Crippen LogP contribution in [0.1, 0.15) is 39.5 Å². The third-order valence-electron chi connectivity index (χ3n) is 2.79. The SMILES string of the molecule is CC1=C(C)CC(CCO)CC1. The van der Waals surface area contributed by atoms with E-state index in [1.807, 2.05) is 0 Å². The zero-order chi connectivity index (χ0) is 8.27. The number of hydrogen-bond donors (Lipinski definition) is 1. The van der Waals surface area contributed by atoms with Gasteiger partial charge in [0.25, 0.3) is 0 Å². The Kier molecular flexibility index (Phi) is 3.13. The Bertz CT molecular complexity index is 158. The lowest BCUT2D eigenvalue weighted by Crippen LogP contribution is -2.09. The maximum absolute atomic E-state index is 8.75. The van der Waals surface area contributed by atoms with Gasteiger partial charge in [0.2, 0.25) is 0 Å². The van der Waals surface area contributed by atoms with Crippen molar-refractivity contribution in [2.24, 2.45) is 5.92 Å².